The number of carbonyl (C=O) groups is 3. The lowest BCUT2D eigenvalue weighted by atomic mass is 9.62. The first-order chi connectivity index (χ1) is 17.4. The molecule has 1 saturated heterocycles. The van der Waals surface area contributed by atoms with E-state index in [2.05, 4.69) is 10.6 Å². The summed E-state index contributed by atoms with van der Waals surface area (Å²) in [7, 11) is 0. The second kappa shape index (κ2) is 10.3. The summed E-state index contributed by atoms with van der Waals surface area (Å²) in [5, 5.41) is 23.5. The zero-order valence-electron chi connectivity index (χ0n) is 20.3. The van der Waals surface area contributed by atoms with Gasteiger partial charge in [0.25, 0.3) is 0 Å². The highest BCUT2D eigenvalue weighted by atomic mass is 35.5. The van der Waals surface area contributed by atoms with E-state index in [0.717, 1.165) is 0 Å². The minimum Gasteiger partial charge on any atom is -0.480 e. The van der Waals surface area contributed by atoms with Gasteiger partial charge in [0.15, 0.2) is 0 Å². The summed E-state index contributed by atoms with van der Waals surface area (Å²) in [5.74, 6) is -6.02. The van der Waals surface area contributed by atoms with Crippen molar-refractivity contribution < 1.29 is 42.2 Å². The summed E-state index contributed by atoms with van der Waals surface area (Å²) < 4.78 is 47.0. The Hall–Kier alpha value is -2.89. The Labute approximate surface area is 225 Å². The molecule has 1 amide bonds. The quantitative estimate of drug-likeness (QED) is 0.352. The molecule has 1 fully saturated rings. The molecule has 2 aliphatic heterocycles. The number of halogens is 6. The third-order valence-electron chi connectivity index (χ3n) is 6.45. The molecule has 0 aromatic heterocycles. The van der Waals surface area contributed by atoms with E-state index < -0.39 is 47.3 Å². The first-order valence-electron chi connectivity index (χ1n) is 11.3. The van der Waals surface area contributed by atoms with Gasteiger partial charge in [-0.25, -0.2) is 9.18 Å². The molecule has 13 heteroatoms. The van der Waals surface area contributed by atoms with E-state index in [-0.39, 0.29) is 21.9 Å². The van der Waals surface area contributed by atoms with Crippen LogP contribution in [0.5, 0.6) is 0 Å². The smallest absolute Gasteiger partial charge is 0.480 e. The van der Waals surface area contributed by atoms with Crippen LogP contribution in [0.4, 0.5) is 23.2 Å². The summed E-state index contributed by atoms with van der Waals surface area (Å²) in [4.78, 5) is 34.9. The summed E-state index contributed by atoms with van der Waals surface area (Å²) in [5.41, 5.74) is -0.359. The highest BCUT2D eigenvalue weighted by molar-refractivity contribution is 6.31. The molecule has 2 heterocycles. The topological polar surface area (TPSA) is 116 Å². The van der Waals surface area contributed by atoms with Crippen LogP contribution in [-0.2, 0) is 19.8 Å². The predicted octanol–water partition coefficient (Wildman–Crippen LogP) is 5.60. The maximum absolute atomic E-state index is 15.3. The number of hydrogen-bond acceptors (Lipinski definition) is 4. The Morgan fingerprint density at radius 2 is 1.68 bits per heavy atom. The molecular formula is C25H24Cl2F4N2O5. The number of rotatable bonds is 3. The summed E-state index contributed by atoms with van der Waals surface area (Å²) >= 11 is 12.2. The van der Waals surface area contributed by atoms with Gasteiger partial charge in [0, 0.05) is 22.7 Å². The van der Waals surface area contributed by atoms with Gasteiger partial charge in [-0.2, -0.15) is 13.2 Å². The molecule has 38 heavy (non-hydrogen) atoms. The second-order valence-electron chi connectivity index (χ2n) is 10.2. The van der Waals surface area contributed by atoms with Gasteiger partial charge in [-0.3, -0.25) is 14.9 Å². The van der Waals surface area contributed by atoms with Crippen LogP contribution in [0.15, 0.2) is 36.4 Å². The van der Waals surface area contributed by atoms with Crippen molar-refractivity contribution in [2.24, 2.45) is 5.41 Å². The minimum absolute atomic E-state index is 0.0989. The van der Waals surface area contributed by atoms with Crippen LogP contribution in [0, 0.1) is 11.2 Å². The standard InChI is InChI=1S/C23H23Cl2FN2O3.C2HF3O2/c1-22(2,3)10-16-23(13-8-7-11(24)9-15(13)27-21(23)31)17(19(28-16)20(29)30)12-5-4-6-14(25)18(12)26;3-2(4,5)1(6)7/h4-9,16-17,19,28H,10H2,1-3H3,(H,27,31)(H,29,30);(H,6,7)/t16-,17-,19+,23+;/m0./s1. The number of benzene rings is 2. The maximum atomic E-state index is 15.3. The summed E-state index contributed by atoms with van der Waals surface area (Å²) in [6.45, 7) is 6.04. The van der Waals surface area contributed by atoms with Crippen LogP contribution in [0.2, 0.25) is 10.0 Å². The molecule has 0 radical (unpaired) electrons. The molecule has 4 N–H and O–H groups in total. The number of carbonyl (C=O) groups excluding carboxylic acids is 1. The van der Waals surface area contributed by atoms with Gasteiger partial charge in [0.2, 0.25) is 5.91 Å². The van der Waals surface area contributed by atoms with Crippen LogP contribution < -0.4 is 10.6 Å². The fraction of sp³-hybridized carbons (Fsp3) is 0.400. The molecule has 2 aromatic rings. The Balaban J connectivity index is 0.000000505. The molecule has 0 saturated carbocycles. The van der Waals surface area contributed by atoms with Gasteiger partial charge < -0.3 is 15.5 Å². The number of nitrogens with one attached hydrogen (secondary N) is 2. The molecule has 0 bridgehead atoms. The second-order valence-corrected chi connectivity index (χ2v) is 11.1. The lowest BCUT2D eigenvalue weighted by Crippen LogP contribution is -2.49. The number of aliphatic carboxylic acids is 2. The zero-order valence-corrected chi connectivity index (χ0v) is 21.8. The largest absolute Gasteiger partial charge is 0.490 e. The Morgan fingerprint density at radius 1 is 1.08 bits per heavy atom. The Kier molecular flexibility index (Phi) is 8.08. The number of alkyl halides is 3. The molecule has 2 aliphatic rings. The van der Waals surface area contributed by atoms with E-state index in [1.54, 1.807) is 24.3 Å². The maximum Gasteiger partial charge on any atom is 0.490 e. The molecule has 0 aliphatic carbocycles. The Bertz CT molecular complexity index is 1280. The molecule has 1 spiro atoms. The highest BCUT2D eigenvalue weighted by Gasteiger charge is 2.66. The van der Waals surface area contributed by atoms with Crippen molar-refractivity contribution in [3.63, 3.8) is 0 Å². The minimum atomic E-state index is -5.08. The van der Waals surface area contributed by atoms with E-state index in [1.165, 1.54) is 12.1 Å². The first kappa shape index (κ1) is 29.7. The Morgan fingerprint density at radius 3 is 2.21 bits per heavy atom. The van der Waals surface area contributed by atoms with Crippen molar-refractivity contribution in [1.82, 2.24) is 5.32 Å². The van der Waals surface area contributed by atoms with Crippen molar-refractivity contribution >= 4 is 46.7 Å². The summed E-state index contributed by atoms with van der Waals surface area (Å²) in [6.07, 6.45) is -4.59. The van der Waals surface area contributed by atoms with Gasteiger partial charge in [0.1, 0.15) is 17.3 Å². The number of fused-ring (bicyclic) bond motifs is 2. The molecule has 7 nitrogen and oxygen atoms in total. The fourth-order valence-electron chi connectivity index (χ4n) is 5.14. The zero-order chi connectivity index (χ0) is 28.8. The normalized spacial score (nSPS) is 24.4. The monoisotopic (exact) mass is 578 g/mol. The van der Waals surface area contributed by atoms with Crippen molar-refractivity contribution in [3.05, 3.63) is 63.4 Å². The van der Waals surface area contributed by atoms with E-state index in [1.807, 2.05) is 20.8 Å². The van der Waals surface area contributed by atoms with Crippen LogP contribution in [0.1, 0.15) is 44.2 Å². The molecule has 0 unspecified atom stereocenters. The number of hydrogen-bond donors (Lipinski definition) is 4. The number of carboxylic acids is 2. The van der Waals surface area contributed by atoms with Crippen molar-refractivity contribution in [1.29, 1.82) is 0 Å². The fourth-order valence-corrected chi connectivity index (χ4v) is 5.49. The molecule has 4 atom stereocenters. The van der Waals surface area contributed by atoms with Crippen molar-refractivity contribution in [3.8, 4) is 0 Å². The lowest BCUT2D eigenvalue weighted by Gasteiger charge is -2.37. The van der Waals surface area contributed by atoms with Crippen LogP contribution >= 0.6 is 23.2 Å². The van der Waals surface area contributed by atoms with Gasteiger partial charge in [-0.15, -0.1) is 0 Å². The molecule has 4 rings (SSSR count). The van der Waals surface area contributed by atoms with Crippen LogP contribution in [0.3, 0.4) is 0 Å². The van der Waals surface area contributed by atoms with Crippen molar-refractivity contribution in [2.45, 2.75) is 56.8 Å². The van der Waals surface area contributed by atoms with E-state index >= 15 is 4.39 Å². The van der Waals surface area contributed by atoms with Crippen LogP contribution in [-0.4, -0.2) is 46.3 Å². The van der Waals surface area contributed by atoms with E-state index in [4.69, 9.17) is 33.1 Å². The summed E-state index contributed by atoms with van der Waals surface area (Å²) in [6, 6.07) is 7.76. The third kappa shape index (κ3) is 5.45. The number of carboxylic acid groups (broad SMARTS) is 2. The van der Waals surface area contributed by atoms with Gasteiger partial charge in [0.05, 0.1) is 5.02 Å². The lowest BCUT2D eigenvalue weighted by molar-refractivity contribution is -0.192. The average molecular weight is 579 g/mol. The van der Waals surface area contributed by atoms with E-state index in [9.17, 15) is 27.9 Å². The predicted molar refractivity (Wildman–Crippen MR) is 132 cm³/mol. The SMILES string of the molecule is CC(C)(C)C[C@@H]1N[C@@H](C(=O)O)[C@H](c2cccc(Cl)c2F)[C@]12C(=O)Nc1cc(Cl)ccc12.O=C(O)C(F)(F)F. The van der Waals surface area contributed by atoms with Crippen LogP contribution in [0.25, 0.3) is 0 Å². The highest BCUT2D eigenvalue weighted by Crippen LogP contribution is 2.57. The van der Waals surface area contributed by atoms with E-state index in [0.29, 0.717) is 22.7 Å². The molecule has 2 aromatic carbocycles. The van der Waals surface area contributed by atoms with Gasteiger partial charge in [-0.1, -0.05) is 62.2 Å². The number of anilines is 1. The molecule has 206 valence electrons. The molecular weight excluding hydrogens is 555 g/mol. The van der Waals surface area contributed by atoms with Gasteiger partial charge >= 0.3 is 18.1 Å². The van der Waals surface area contributed by atoms with Gasteiger partial charge in [-0.05, 0) is 41.2 Å². The number of amides is 1. The third-order valence-corrected chi connectivity index (χ3v) is 6.97. The first-order valence-corrected chi connectivity index (χ1v) is 12.0. The van der Waals surface area contributed by atoms with Crippen molar-refractivity contribution in [2.75, 3.05) is 5.32 Å². The average Bonchev–Trinajstić information content (AvgIpc) is 3.24.